The van der Waals surface area contributed by atoms with Crippen LogP contribution in [0.5, 0.6) is 0 Å². The van der Waals surface area contributed by atoms with E-state index in [-0.39, 0.29) is 28.3 Å². The molecule has 0 radical (unpaired) electrons. The summed E-state index contributed by atoms with van der Waals surface area (Å²) in [5.74, 6) is -0.253. The lowest BCUT2D eigenvalue weighted by Crippen LogP contribution is -2.35. The topological polar surface area (TPSA) is 21.4 Å². The number of aromatic nitrogens is 1. The van der Waals surface area contributed by atoms with E-state index in [4.69, 9.17) is 20.6 Å². The van der Waals surface area contributed by atoms with Gasteiger partial charge in [0.05, 0.1) is 19.0 Å². The molecule has 5 aromatic rings. The Kier molecular flexibility index (Phi) is 3.76. The van der Waals surface area contributed by atoms with E-state index in [9.17, 15) is 0 Å². The minimum atomic E-state index is -1.57. The van der Waals surface area contributed by atoms with Crippen LogP contribution in [-0.2, 0) is 13.4 Å². The number of hydrogen-bond acceptors (Lipinski definition) is 1. The molecule has 0 fully saturated rings. The van der Waals surface area contributed by atoms with Gasteiger partial charge in [-0.1, -0.05) is 68.3 Å². The maximum atomic E-state index is 8.74. The number of fused-ring (bicyclic) bond motifs is 3. The van der Waals surface area contributed by atoms with Gasteiger partial charge < -0.3 is 4.42 Å². The lowest BCUT2D eigenvalue weighted by atomic mass is 9.96. The second-order valence-electron chi connectivity index (χ2n) is 8.81. The Balaban J connectivity index is 1.93. The monoisotopic (exact) mass is 452 g/mol. The van der Waals surface area contributed by atoms with E-state index in [1.807, 2.05) is 63.6 Å². The van der Waals surface area contributed by atoms with Gasteiger partial charge in [0.15, 0.2) is 11.4 Å². The Morgan fingerprint density at radius 1 is 1.00 bits per heavy atom. The molecule has 168 valence electrons. The zero-order chi connectivity index (χ0) is 30.1. The second-order valence-corrected chi connectivity index (χ2v) is 8.81. The molecule has 3 aromatic carbocycles. The highest BCUT2D eigenvalue weighted by Gasteiger charge is 2.24. The highest BCUT2D eigenvalue weighted by molar-refractivity contribution is 6.15. The predicted octanol–water partition coefficient (Wildman–Crippen LogP) is 8.11. The number of nitrogens with zero attached hydrogens (tertiary/aromatic N) is 2. The Labute approximate surface area is 210 Å². The predicted molar refractivity (Wildman–Crippen MR) is 140 cm³/mol. The van der Waals surface area contributed by atoms with Gasteiger partial charge in [0.1, 0.15) is 18.2 Å². The molecule has 0 aliphatic rings. The van der Waals surface area contributed by atoms with Crippen LogP contribution in [0.15, 0.2) is 71.0 Å². The van der Waals surface area contributed by atoms with Crippen LogP contribution in [0, 0.1) is 26.3 Å². The fourth-order valence-electron chi connectivity index (χ4n) is 4.47. The van der Waals surface area contributed by atoms with Crippen molar-refractivity contribution in [3.63, 3.8) is 0 Å². The Morgan fingerprint density at radius 3 is 2.35 bits per heavy atom. The van der Waals surface area contributed by atoms with Gasteiger partial charge in [-0.25, -0.2) is 4.85 Å². The summed E-state index contributed by atoms with van der Waals surface area (Å²) >= 11 is 0. The van der Waals surface area contributed by atoms with Crippen LogP contribution in [0.4, 0.5) is 5.69 Å². The van der Waals surface area contributed by atoms with Crippen LogP contribution in [0.3, 0.4) is 0 Å². The molecule has 3 nitrogen and oxygen atoms in total. The van der Waals surface area contributed by atoms with Crippen LogP contribution in [0.25, 0.3) is 49.2 Å². The van der Waals surface area contributed by atoms with Crippen molar-refractivity contribution in [2.45, 2.75) is 34.1 Å². The summed E-state index contributed by atoms with van der Waals surface area (Å²) in [6.45, 7) is 15.4. The molecular weight excluding hydrogens is 416 g/mol. The van der Waals surface area contributed by atoms with Crippen LogP contribution in [0.1, 0.15) is 40.3 Å². The molecule has 34 heavy (non-hydrogen) atoms. The van der Waals surface area contributed by atoms with Crippen molar-refractivity contribution in [3.05, 3.63) is 94.8 Å². The van der Waals surface area contributed by atoms with Gasteiger partial charge in [0.2, 0.25) is 5.69 Å². The van der Waals surface area contributed by atoms with E-state index in [2.05, 4.69) is 4.85 Å². The first kappa shape index (κ1) is 15.1. The quantitative estimate of drug-likeness (QED) is 0.199. The van der Waals surface area contributed by atoms with Crippen molar-refractivity contribution in [2.75, 3.05) is 0 Å². The van der Waals surface area contributed by atoms with Crippen LogP contribution >= 0.6 is 0 Å². The molecule has 2 aromatic heterocycles. The van der Waals surface area contributed by atoms with Crippen molar-refractivity contribution < 1.29 is 18.6 Å². The summed E-state index contributed by atoms with van der Waals surface area (Å²) in [7, 11) is 1.91. The number of benzene rings is 3. The first-order chi connectivity index (χ1) is 19.2. The van der Waals surface area contributed by atoms with Crippen LogP contribution in [-0.4, -0.2) is 0 Å². The fourth-order valence-corrected chi connectivity index (χ4v) is 4.47. The van der Waals surface area contributed by atoms with Crippen molar-refractivity contribution in [2.24, 2.45) is 13.0 Å². The minimum absolute atomic E-state index is 0.0848. The molecule has 0 saturated heterocycles. The molecule has 0 amide bonds. The van der Waals surface area contributed by atoms with E-state index in [1.165, 1.54) is 0 Å². The van der Waals surface area contributed by atoms with Crippen molar-refractivity contribution in [1.82, 2.24) is 0 Å². The largest absolute Gasteiger partial charge is 0.456 e. The molecule has 0 spiro atoms. The Hall–Kier alpha value is -3.90. The Bertz CT molecular complexity index is 1920. The maximum absolute atomic E-state index is 8.74. The van der Waals surface area contributed by atoms with Gasteiger partial charge in [0.25, 0.3) is 0 Å². The van der Waals surface area contributed by atoms with Gasteiger partial charge >= 0.3 is 0 Å². The maximum Gasteiger partial charge on any atom is 0.216 e. The first-order valence-electron chi connectivity index (χ1n) is 14.7. The molecule has 2 heterocycles. The number of furan rings is 1. The SMILES string of the molecule is [2H]c1c([2H])c([2H])c(-c2c([N+]#[C-])ccc3c2oc2c(-c4cc(C([2H])([2H])C(C)C)cc(C)[n+]4C)c(C)ccc23)c([2H])c1[2H]. The van der Waals surface area contributed by atoms with Crippen molar-refractivity contribution in [3.8, 4) is 22.4 Å². The summed E-state index contributed by atoms with van der Waals surface area (Å²) in [4.78, 5) is 3.62. The van der Waals surface area contributed by atoms with Gasteiger partial charge in [-0.3, -0.25) is 0 Å². The summed E-state index contributed by atoms with van der Waals surface area (Å²) in [6.07, 6.45) is -1.57. The van der Waals surface area contributed by atoms with E-state index >= 15 is 0 Å². The third-order valence-electron chi connectivity index (χ3n) is 6.12. The van der Waals surface area contributed by atoms with Gasteiger partial charge in [0, 0.05) is 38.1 Å². The summed E-state index contributed by atoms with van der Waals surface area (Å²) in [5.41, 5.74) is 4.76. The smallest absolute Gasteiger partial charge is 0.216 e. The third-order valence-corrected chi connectivity index (χ3v) is 6.12. The average Bonchev–Trinajstić information content (AvgIpc) is 3.31. The molecule has 0 aliphatic carbocycles. The first-order valence-corrected chi connectivity index (χ1v) is 11.2. The number of hydrogen-bond donors (Lipinski definition) is 0. The number of aryl methyl sites for hydroxylation is 2. The zero-order valence-electron chi connectivity index (χ0n) is 26.8. The molecule has 0 N–H and O–H groups in total. The van der Waals surface area contributed by atoms with Gasteiger partial charge in [-0.15, -0.1) is 0 Å². The molecule has 0 saturated carbocycles. The summed E-state index contributed by atoms with van der Waals surface area (Å²) < 4.78 is 67.6. The minimum Gasteiger partial charge on any atom is -0.456 e. The van der Waals surface area contributed by atoms with E-state index in [0.717, 1.165) is 27.9 Å². The molecule has 5 rings (SSSR count). The molecule has 0 atom stereocenters. The second kappa shape index (κ2) is 8.47. The average molecular weight is 453 g/mol. The third kappa shape index (κ3) is 3.56. The lowest BCUT2D eigenvalue weighted by Gasteiger charge is -2.11. The molecule has 3 heteroatoms. The summed E-state index contributed by atoms with van der Waals surface area (Å²) in [5, 5.41) is 1.38. The molecule has 0 unspecified atom stereocenters. The standard InChI is InChI=1S/C31H29N2O/c1-19(2)16-22-17-21(4)33(6)27(18-22)28-20(3)12-13-24-25-14-15-26(32-5)29(31(25)34-30(24)28)23-10-8-7-9-11-23/h7-15,17-19H,16H2,1-4,6H3/q+1/i7D,8D,9D,10D,11D,16D2. The van der Waals surface area contributed by atoms with Crippen LogP contribution in [0.2, 0.25) is 0 Å². The van der Waals surface area contributed by atoms with Crippen LogP contribution < -0.4 is 4.57 Å². The summed E-state index contributed by atoms with van der Waals surface area (Å²) in [6, 6.07) is 8.62. The Morgan fingerprint density at radius 2 is 1.68 bits per heavy atom. The fraction of sp³-hybridized carbons (Fsp3) is 0.226. The molecular formula is C31H29N2O+. The zero-order valence-corrected chi connectivity index (χ0v) is 19.8. The molecule has 0 bridgehead atoms. The normalized spacial score (nSPS) is 14.8. The van der Waals surface area contributed by atoms with Crippen molar-refractivity contribution in [1.29, 1.82) is 0 Å². The van der Waals surface area contributed by atoms with Crippen molar-refractivity contribution >= 4 is 27.6 Å². The van der Waals surface area contributed by atoms with E-state index in [0.29, 0.717) is 16.5 Å². The number of pyridine rings is 1. The van der Waals surface area contributed by atoms with E-state index < -0.39 is 36.6 Å². The molecule has 0 aliphatic heterocycles. The van der Waals surface area contributed by atoms with Gasteiger partial charge in [-0.2, -0.15) is 4.57 Å². The van der Waals surface area contributed by atoms with E-state index in [1.54, 1.807) is 12.1 Å². The lowest BCUT2D eigenvalue weighted by molar-refractivity contribution is -0.666. The highest BCUT2D eigenvalue weighted by atomic mass is 16.3. The number of rotatable bonds is 4. The van der Waals surface area contributed by atoms with Gasteiger partial charge in [-0.05, 0) is 35.9 Å². The highest BCUT2D eigenvalue weighted by Crippen LogP contribution is 2.44.